The van der Waals surface area contributed by atoms with Crippen molar-refractivity contribution in [2.75, 3.05) is 24.5 Å². The molecule has 29 heavy (non-hydrogen) atoms. The number of alkyl halides is 3. The highest BCUT2D eigenvalue weighted by Gasteiger charge is 2.35. The van der Waals surface area contributed by atoms with Crippen LogP contribution in [0.5, 0.6) is 0 Å². The largest absolute Gasteiger partial charge is 0.418 e. The van der Waals surface area contributed by atoms with Crippen molar-refractivity contribution < 1.29 is 18.0 Å². The number of fused-ring (bicyclic) bond motifs is 1. The van der Waals surface area contributed by atoms with Gasteiger partial charge in [-0.1, -0.05) is 6.92 Å². The molecule has 2 aromatic rings. The third-order valence-electron chi connectivity index (χ3n) is 5.65. The molecule has 156 valence electrons. The van der Waals surface area contributed by atoms with Crippen LogP contribution in [0.2, 0.25) is 0 Å². The van der Waals surface area contributed by atoms with Crippen LogP contribution in [-0.4, -0.2) is 47.6 Å². The first kappa shape index (κ1) is 19.9. The first-order valence-electron chi connectivity index (χ1n) is 9.90. The molecular formula is C20H24F3N5O. The Morgan fingerprint density at radius 2 is 1.97 bits per heavy atom. The Bertz CT molecular complexity index is 903. The van der Waals surface area contributed by atoms with Crippen molar-refractivity contribution in [1.82, 2.24) is 20.6 Å². The molecule has 2 N–H and O–H groups in total. The predicted octanol–water partition coefficient (Wildman–Crippen LogP) is 2.73. The van der Waals surface area contributed by atoms with E-state index in [1.807, 2.05) is 0 Å². The van der Waals surface area contributed by atoms with E-state index in [0.717, 1.165) is 25.5 Å². The normalized spacial score (nSPS) is 25.4. The number of hydrogen-bond donors (Lipinski definition) is 2. The number of carbonyl (C=O) groups excluding carboxylic acids is 1. The molecule has 1 aromatic heterocycles. The second-order valence-corrected chi connectivity index (χ2v) is 8.04. The van der Waals surface area contributed by atoms with Gasteiger partial charge in [-0.15, -0.1) is 0 Å². The quantitative estimate of drug-likeness (QED) is 0.816. The van der Waals surface area contributed by atoms with Gasteiger partial charge in [0.25, 0.3) is 0 Å². The second-order valence-electron chi connectivity index (χ2n) is 8.04. The molecule has 2 saturated heterocycles. The van der Waals surface area contributed by atoms with Gasteiger partial charge in [0.15, 0.2) is 0 Å². The molecule has 2 aliphatic heterocycles. The van der Waals surface area contributed by atoms with E-state index in [0.29, 0.717) is 31.1 Å². The van der Waals surface area contributed by atoms with Crippen LogP contribution in [0.15, 0.2) is 24.5 Å². The molecule has 6 nitrogen and oxygen atoms in total. The lowest BCUT2D eigenvalue weighted by Crippen LogP contribution is -2.51. The summed E-state index contributed by atoms with van der Waals surface area (Å²) < 4.78 is 40.1. The number of aromatic nitrogens is 2. The molecule has 1 aromatic carbocycles. The molecule has 0 spiro atoms. The fourth-order valence-electron chi connectivity index (χ4n) is 4.36. The Hall–Kier alpha value is -2.42. The van der Waals surface area contributed by atoms with Crippen LogP contribution in [0.4, 0.5) is 18.9 Å². The zero-order valence-corrected chi connectivity index (χ0v) is 16.2. The molecule has 0 radical (unpaired) electrons. The lowest BCUT2D eigenvalue weighted by Gasteiger charge is -2.39. The summed E-state index contributed by atoms with van der Waals surface area (Å²) in [6, 6.07) is 2.94. The average molecular weight is 407 g/mol. The first-order chi connectivity index (χ1) is 13.8. The van der Waals surface area contributed by atoms with Crippen LogP contribution in [-0.2, 0) is 11.0 Å². The number of rotatable bonds is 4. The van der Waals surface area contributed by atoms with Crippen LogP contribution in [0.1, 0.15) is 31.7 Å². The summed E-state index contributed by atoms with van der Waals surface area (Å²) in [7, 11) is 0. The molecule has 0 saturated carbocycles. The lowest BCUT2D eigenvalue weighted by molar-refractivity contribution is -0.136. The molecule has 9 heteroatoms. The number of nitrogens with one attached hydrogen (secondary N) is 2. The van der Waals surface area contributed by atoms with Gasteiger partial charge in [0.1, 0.15) is 11.0 Å². The number of piperidine rings is 1. The van der Waals surface area contributed by atoms with Gasteiger partial charge in [0.05, 0.1) is 11.3 Å². The van der Waals surface area contributed by atoms with Crippen molar-refractivity contribution >= 4 is 22.6 Å². The Kier molecular flexibility index (Phi) is 5.33. The number of nitrogens with zero attached hydrogens (tertiary/aromatic N) is 3. The number of benzene rings is 1. The molecular weight excluding hydrogens is 383 g/mol. The molecule has 3 heterocycles. The smallest absolute Gasteiger partial charge is 0.368 e. The fraction of sp³-hybridized carbons (Fsp3) is 0.550. The molecule has 4 rings (SSSR count). The van der Waals surface area contributed by atoms with Gasteiger partial charge in [0.2, 0.25) is 5.91 Å². The second kappa shape index (κ2) is 7.78. The van der Waals surface area contributed by atoms with Crippen LogP contribution >= 0.6 is 0 Å². The zero-order chi connectivity index (χ0) is 20.6. The number of hydrogen-bond acceptors (Lipinski definition) is 5. The van der Waals surface area contributed by atoms with Crippen molar-refractivity contribution in [2.45, 2.75) is 44.4 Å². The molecule has 3 unspecified atom stereocenters. The minimum atomic E-state index is -4.47. The van der Waals surface area contributed by atoms with Crippen LogP contribution in [0, 0.1) is 5.92 Å². The molecule has 2 fully saturated rings. The zero-order valence-electron chi connectivity index (χ0n) is 16.2. The highest BCUT2D eigenvalue weighted by molar-refractivity contribution is 5.90. The Morgan fingerprint density at radius 1 is 1.21 bits per heavy atom. The highest BCUT2D eigenvalue weighted by atomic mass is 19.4. The summed E-state index contributed by atoms with van der Waals surface area (Å²) in [6.07, 6.45) is 0.615. The summed E-state index contributed by atoms with van der Waals surface area (Å²) in [6.45, 7) is 4.25. The maximum absolute atomic E-state index is 13.4. The number of amides is 1. The average Bonchev–Trinajstić information content (AvgIpc) is 3.09. The predicted molar refractivity (Wildman–Crippen MR) is 103 cm³/mol. The van der Waals surface area contributed by atoms with Crippen LogP contribution in [0.25, 0.3) is 11.0 Å². The molecule has 1 amide bonds. The van der Waals surface area contributed by atoms with Gasteiger partial charge in [-0.3, -0.25) is 14.8 Å². The minimum Gasteiger partial charge on any atom is -0.368 e. The topological polar surface area (TPSA) is 70.2 Å². The summed E-state index contributed by atoms with van der Waals surface area (Å²) >= 11 is 0. The summed E-state index contributed by atoms with van der Waals surface area (Å²) in [5.74, 6) is 0.457. The summed E-state index contributed by atoms with van der Waals surface area (Å²) in [4.78, 5) is 21.7. The van der Waals surface area contributed by atoms with E-state index in [4.69, 9.17) is 0 Å². The van der Waals surface area contributed by atoms with Crippen LogP contribution in [0.3, 0.4) is 0 Å². The van der Waals surface area contributed by atoms with Gasteiger partial charge in [-0.25, -0.2) is 0 Å². The van der Waals surface area contributed by atoms with Crippen molar-refractivity contribution in [2.24, 2.45) is 5.92 Å². The Labute approximate surface area is 166 Å². The van der Waals surface area contributed by atoms with Gasteiger partial charge >= 0.3 is 6.18 Å². The van der Waals surface area contributed by atoms with Crippen molar-refractivity contribution in [1.29, 1.82) is 0 Å². The standard InChI is InChI=1S/C20H24F3N5O/c1-12-8-14(26-9-13-2-5-17(29)27-13)11-28(10-12)16-4-3-15(20(21,22)23)18-19(16)25-7-6-24-18/h3-4,6-7,12-14,26H,2,5,8-11H2,1H3,(H,27,29). The van der Waals surface area contributed by atoms with E-state index < -0.39 is 11.7 Å². The first-order valence-corrected chi connectivity index (χ1v) is 9.90. The van der Waals surface area contributed by atoms with Gasteiger partial charge in [0, 0.05) is 50.5 Å². The SMILES string of the molecule is CC1CC(NCC2CCC(=O)N2)CN(c2ccc(C(F)(F)F)c3nccnc23)C1. The Morgan fingerprint density at radius 3 is 2.66 bits per heavy atom. The monoisotopic (exact) mass is 407 g/mol. The summed E-state index contributed by atoms with van der Waals surface area (Å²) in [5.41, 5.74) is 0.0711. The maximum atomic E-state index is 13.4. The third kappa shape index (κ3) is 4.29. The number of carbonyl (C=O) groups is 1. The molecule has 0 bridgehead atoms. The van der Waals surface area contributed by atoms with E-state index in [1.165, 1.54) is 18.5 Å². The highest BCUT2D eigenvalue weighted by Crippen LogP contribution is 2.37. The third-order valence-corrected chi connectivity index (χ3v) is 5.65. The number of halogens is 3. The van der Waals surface area contributed by atoms with E-state index >= 15 is 0 Å². The van der Waals surface area contributed by atoms with Gasteiger partial charge in [-0.05, 0) is 30.9 Å². The van der Waals surface area contributed by atoms with E-state index in [1.54, 1.807) is 0 Å². The fourth-order valence-corrected chi connectivity index (χ4v) is 4.36. The summed E-state index contributed by atoms with van der Waals surface area (Å²) in [5, 5.41) is 6.48. The minimum absolute atomic E-state index is 0.0882. The van der Waals surface area contributed by atoms with E-state index in [-0.39, 0.29) is 29.0 Å². The van der Waals surface area contributed by atoms with Crippen molar-refractivity contribution in [3.05, 3.63) is 30.1 Å². The molecule has 2 aliphatic rings. The number of anilines is 1. The molecule has 0 aliphatic carbocycles. The van der Waals surface area contributed by atoms with Crippen molar-refractivity contribution in [3.8, 4) is 0 Å². The lowest BCUT2D eigenvalue weighted by atomic mass is 9.94. The van der Waals surface area contributed by atoms with Crippen molar-refractivity contribution in [3.63, 3.8) is 0 Å². The maximum Gasteiger partial charge on any atom is 0.418 e. The molecule has 3 atom stereocenters. The van der Waals surface area contributed by atoms with Gasteiger partial charge in [-0.2, -0.15) is 13.2 Å². The van der Waals surface area contributed by atoms with E-state index in [9.17, 15) is 18.0 Å². The van der Waals surface area contributed by atoms with E-state index in [2.05, 4.69) is 32.4 Å². The Balaban J connectivity index is 1.55. The van der Waals surface area contributed by atoms with Gasteiger partial charge < -0.3 is 15.5 Å². The van der Waals surface area contributed by atoms with Crippen LogP contribution < -0.4 is 15.5 Å².